The van der Waals surface area contributed by atoms with Crippen LogP contribution < -0.4 is 0 Å². The lowest BCUT2D eigenvalue weighted by molar-refractivity contribution is 0.220. The van der Waals surface area contributed by atoms with Crippen LogP contribution in [0.15, 0.2) is 59.1 Å². The molecule has 106 valence electrons. The summed E-state index contributed by atoms with van der Waals surface area (Å²) in [5.41, 5.74) is 0.949. The maximum Gasteiger partial charge on any atom is 0.137 e. The minimum Gasteiger partial charge on any atom is -0.384 e. The number of benzene rings is 3. The van der Waals surface area contributed by atoms with Gasteiger partial charge in [0, 0.05) is 10.9 Å². The Morgan fingerprint density at radius 3 is 2.24 bits per heavy atom. The SMILES string of the molecule is OC(c1cccc(F)c1Br)c1ccc(F)c2ccccc12. The zero-order valence-corrected chi connectivity index (χ0v) is 12.4. The maximum atomic E-state index is 13.8. The van der Waals surface area contributed by atoms with E-state index in [-0.39, 0.29) is 10.3 Å². The molecule has 3 aromatic carbocycles. The fourth-order valence-electron chi connectivity index (χ4n) is 2.42. The Hall–Kier alpha value is -1.78. The van der Waals surface area contributed by atoms with Crippen molar-refractivity contribution >= 4 is 26.7 Å². The molecule has 0 aliphatic rings. The Bertz CT molecular complexity index is 817. The van der Waals surface area contributed by atoms with Crippen molar-refractivity contribution in [2.45, 2.75) is 6.10 Å². The van der Waals surface area contributed by atoms with Crippen molar-refractivity contribution < 1.29 is 13.9 Å². The monoisotopic (exact) mass is 348 g/mol. The van der Waals surface area contributed by atoms with E-state index in [2.05, 4.69) is 15.9 Å². The maximum absolute atomic E-state index is 13.8. The van der Waals surface area contributed by atoms with Crippen LogP contribution in [0.1, 0.15) is 17.2 Å². The Balaban J connectivity index is 2.21. The number of aliphatic hydroxyl groups is 1. The van der Waals surface area contributed by atoms with Crippen LogP contribution in [0.4, 0.5) is 8.78 Å². The zero-order chi connectivity index (χ0) is 15.0. The van der Waals surface area contributed by atoms with Gasteiger partial charge in [-0.3, -0.25) is 0 Å². The summed E-state index contributed by atoms with van der Waals surface area (Å²) in [6.07, 6.45) is -1.04. The summed E-state index contributed by atoms with van der Waals surface area (Å²) in [5, 5.41) is 11.6. The summed E-state index contributed by atoms with van der Waals surface area (Å²) in [4.78, 5) is 0. The minimum atomic E-state index is -1.04. The molecule has 1 nitrogen and oxygen atoms in total. The molecule has 1 atom stereocenters. The van der Waals surface area contributed by atoms with Crippen LogP contribution in [-0.4, -0.2) is 5.11 Å². The second-order valence-corrected chi connectivity index (χ2v) is 5.52. The number of fused-ring (bicyclic) bond motifs is 1. The lowest BCUT2D eigenvalue weighted by atomic mass is 9.95. The molecule has 0 amide bonds. The highest BCUT2D eigenvalue weighted by atomic mass is 79.9. The number of halogens is 3. The molecule has 0 saturated heterocycles. The van der Waals surface area contributed by atoms with Crippen molar-refractivity contribution in [3.8, 4) is 0 Å². The molecule has 0 saturated carbocycles. The molecule has 0 radical (unpaired) electrons. The average molecular weight is 349 g/mol. The van der Waals surface area contributed by atoms with Crippen molar-refractivity contribution in [2.24, 2.45) is 0 Å². The van der Waals surface area contributed by atoms with Gasteiger partial charge in [-0.05, 0) is 39.0 Å². The Morgan fingerprint density at radius 1 is 0.762 bits per heavy atom. The summed E-state index contributed by atoms with van der Waals surface area (Å²) < 4.78 is 27.7. The Kier molecular flexibility index (Phi) is 3.74. The quantitative estimate of drug-likeness (QED) is 0.693. The fraction of sp³-hybridized carbons (Fsp3) is 0.0588. The normalized spacial score (nSPS) is 12.6. The van der Waals surface area contributed by atoms with E-state index in [1.807, 2.05) is 0 Å². The molecule has 1 N–H and O–H groups in total. The van der Waals surface area contributed by atoms with Crippen LogP contribution in [0.2, 0.25) is 0 Å². The van der Waals surface area contributed by atoms with Crippen molar-refractivity contribution in [2.75, 3.05) is 0 Å². The third-order valence-electron chi connectivity index (χ3n) is 3.48. The standard InChI is InChI=1S/C17H11BrF2O/c18-16-13(6-3-7-15(16)20)17(21)12-8-9-14(19)11-5-2-1-4-10(11)12/h1-9,17,21H. The molecular weight excluding hydrogens is 338 g/mol. The summed E-state index contributed by atoms with van der Waals surface area (Å²) in [5.74, 6) is -0.794. The first-order valence-electron chi connectivity index (χ1n) is 6.38. The molecule has 3 rings (SSSR count). The van der Waals surface area contributed by atoms with E-state index < -0.39 is 11.9 Å². The highest BCUT2D eigenvalue weighted by molar-refractivity contribution is 9.10. The van der Waals surface area contributed by atoms with E-state index in [1.54, 1.807) is 30.3 Å². The molecule has 0 bridgehead atoms. The molecule has 4 heteroatoms. The van der Waals surface area contributed by atoms with Crippen molar-refractivity contribution in [1.29, 1.82) is 0 Å². The largest absolute Gasteiger partial charge is 0.384 e. The van der Waals surface area contributed by atoms with Gasteiger partial charge < -0.3 is 5.11 Å². The van der Waals surface area contributed by atoms with Crippen LogP contribution in [0.5, 0.6) is 0 Å². The average Bonchev–Trinajstić information content (AvgIpc) is 2.50. The molecule has 0 fully saturated rings. The smallest absolute Gasteiger partial charge is 0.137 e. The van der Waals surface area contributed by atoms with Crippen molar-refractivity contribution in [3.63, 3.8) is 0 Å². The number of aliphatic hydroxyl groups excluding tert-OH is 1. The lowest BCUT2D eigenvalue weighted by Crippen LogP contribution is -2.03. The first-order valence-corrected chi connectivity index (χ1v) is 7.18. The van der Waals surface area contributed by atoms with Crippen molar-refractivity contribution in [1.82, 2.24) is 0 Å². The van der Waals surface area contributed by atoms with Gasteiger partial charge in [-0.2, -0.15) is 0 Å². The van der Waals surface area contributed by atoms with E-state index in [0.29, 0.717) is 21.9 Å². The van der Waals surface area contributed by atoms with Gasteiger partial charge in [0.25, 0.3) is 0 Å². The van der Waals surface area contributed by atoms with Gasteiger partial charge in [0.1, 0.15) is 17.7 Å². The highest BCUT2D eigenvalue weighted by Crippen LogP contribution is 2.34. The van der Waals surface area contributed by atoms with Gasteiger partial charge in [0.05, 0.1) is 4.47 Å². The van der Waals surface area contributed by atoms with Gasteiger partial charge in [-0.15, -0.1) is 0 Å². The van der Waals surface area contributed by atoms with E-state index in [0.717, 1.165) is 0 Å². The molecule has 0 aliphatic carbocycles. The van der Waals surface area contributed by atoms with Crippen molar-refractivity contribution in [3.05, 3.63) is 81.8 Å². The highest BCUT2D eigenvalue weighted by Gasteiger charge is 2.18. The van der Waals surface area contributed by atoms with Crippen LogP contribution in [0.25, 0.3) is 10.8 Å². The van der Waals surface area contributed by atoms with E-state index >= 15 is 0 Å². The fourth-order valence-corrected chi connectivity index (χ4v) is 2.90. The van der Waals surface area contributed by atoms with Crippen LogP contribution in [-0.2, 0) is 0 Å². The zero-order valence-electron chi connectivity index (χ0n) is 10.9. The topological polar surface area (TPSA) is 20.2 Å². The van der Waals surface area contributed by atoms with E-state index in [9.17, 15) is 13.9 Å². The molecule has 0 aliphatic heterocycles. The predicted molar refractivity (Wildman–Crippen MR) is 82.1 cm³/mol. The van der Waals surface area contributed by atoms with Gasteiger partial charge in [0.2, 0.25) is 0 Å². The van der Waals surface area contributed by atoms with E-state index in [1.165, 1.54) is 24.3 Å². The Morgan fingerprint density at radius 2 is 1.48 bits per heavy atom. The molecule has 3 aromatic rings. The molecular formula is C17H11BrF2O. The molecule has 21 heavy (non-hydrogen) atoms. The predicted octanol–water partition coefficient (Wildman–Crippen LogP) is 4.96. The number of hydrogen-bond donors (Lipinski definition) is 1. The minimum absolute atomic E-state index is 0.214. The van der Waals surface area contributed by atoms with Gasteiger partial charge in [0.15, 0.2) is 0 Å². The number of rotatable bonds is 2. The summed E-state index contributed by atoms with van der Waals surface area (Å²) in [6.45, 7) is 0. The van der Waals surface area contributed by atoms with Gasteiger partial charge in [-0.25, -0.2) is 8.78 Å². The molecule has 0 aromatic heterocycles. The number of hydrogen-bond acceptors (Lipinski definition) is 1. The molecule has 0 heterocycles. The van der Waals surface area contributed by atoms with Gasteiger partial charge >= 0.3 is 0 Å². The lowest BCUT2D eigenvalue weighted by Gasteiger charge is -2.16. The molecule has 0 spiro atoms. The summed E-state index contributed by atoms with van der Waals surface area (Å²) >= 11 is 3.15. The second kappa shape index (κ2) is 5.54. The second-order valence-electron chi connectivity index (χ2n) is 4.73. The van der Waals surface area contributed by atoms with Gasteiger partial charge in [-0.1, -0.05) is 42.5 Å². The summed E-state index contributed by atoms with van der Waals surface area (Å²) in [6, 6.07) is 14.2. The first-order chi connectivity index (χ1) is 10.1. The molecule has 1 unspecified atom stereocenters. The van der Waals surface area contributed by atoms with Crippen LogP contribution in [0, 0.1) is 11.6 Å². The Labute approximate surface area is 129 Å². The van der Waals surface area contributed by atoms with E-state index in [4.69, 9.17) is 0 Å². The third kappa shape index (κ3) is 2.45. The van der Waals surface area contributed by atoms with Crippen LogP contribution >= 0.6 is 15.9 Å². The third-order valence-corrected chi connectivity index (χ3v) is 4.31. The first kappa shape index (κ1) is 14.2. The van der Waals surface area contributed by atoms with Crippen LogP contribution in [0.3, 0.4) is 0 Å². The summed E-state index contributed by atoms with van der Waals surface area (Å²) in [7, 11) is 0.